The number of hydrogen-bond donors (Lipinski definition) is 1. The second kappa shape index (κ2) is 7.83. The van der Waals surface area contributed by atoms with Gasteiger partial charge in [0.2, 0.25) is 0 Å². The zero-order valence-electron chi connectivity index (χ0n) is 12.8. The van der Waals surface area contributed by atoms with Crippen LogP contribution in [0.15, 0.2) is 30.3 Å². The Labute approximate surface area is 136 Å². The van der Waals surface area contributed by atoms with Crippen molar-refractivity contribution in [2.45, 2.75) is 32.7 Å². The Bertz CT molecular complexity index is 582. The third-order valence-electron chi connectivity index (χ3n) is 3.51. The molecule has 114 valence electrons. The highest BCUT2D eigenvalue weighted by molar-refractivity contribution is 7.16. The lowest BCUT2D eigenvalue weighted by atomic mass is 10.0. The Balaban J connectivity index is 2.22. The predicted molar refractivity (Wildman–Crippen MR) is 91.8 cm³/mol. The molecule has 1 unspecified atom stereocenters. The predicted octanol–water partition coefficient (Wildman–Crippen LogP) is 5.00. The number of ether oxygens (including phenoxy) is 1. The van der Waals surface area contributed by atoms with Crippen molar-refractivity contribution in [1.29, 1.82) is 0 Å². The summed E-state index contributed by atoms with van der Waals surface area (Å²) in [5.41, 5.74) is 2.42. The lowest BCUT2D eigenvalue weighted by Gasteiger charge is -2.19. The van der Waals surface area contributed by atoms with Crippen LogP contribution in [0.5, 0.6) is 5.75 Å². The van der Waals surface area contributed by atoms with E-state index in [-0.39, 0.29) is 6.04 Å². The first-order chi connectivity index (χ1) is 10.1. The fourth-order valence-corrected chi connectivity index (χ4v) is 3.48. The minimum atomic E-state index is 0.286. The lowest BCUT2D eigenvalue weighted by molar-refractivity contribution is 0.409. The number of aryl methyl sites for hydroxylation is 1. The van der Waals surface area contributed by atoms with Gasteiger partial charge >= 0.3 is 0 Å². The normalized spacial score (nSPS) is 12.4. The van der Waals surface area contributed by atoms with E-state index in [1.807, 2.05) is 6.07 Å². The largest absolute Gasteiger partial charge is 0.496 e. The van der Waals surface area contributed by atoms with E-state index < -0.39 is 0 Å². The summed E-state index contributed by atoms with van der Waals surface area (Å²) in [5, 5.41) is 3.62. The molecular weight excluding hydrogens is 302 g/mol. The standard InChI is InChI=1S/C17H22ClNOS/c1-4-9-19-15(11-14-7-8-17(18)21-14)13-6-5-12(2)16(10-13)20-3/h5-8,10,15,19H,4,9,11H2,1-3H3. The van der Waals surface area contributed by atoms with Gasteiger partial charge in [-0.05, 0) is 49.2 Å². The maximum Gasteiger partial charge on any atom is 0.122 e. The van der Waals surface area contributed by atoms with Crippen LogP contribution in [0.4, 0.5) is 0 Å². The Kier molecular flexibility index (Phi) is 6.09. The maximum absolute atomic E-state index is 6.04. The SMILES string of the molecule is CCCNC(Cc1ccc(Cl)s1)c1ccc(C)c(OC)c1. The van der Waals surface area contributed by atoms with Crippen molar-refractivity contribution >= 4 is 22.9 Å². The van der Waals surface area contributed by atoms with Gasteiger partial charge in [-0.1, -0.05) is 30.7 Å². The number of thiophene rings is 1. The molecule has 0 fully saturated rings. The molecule has 0 aliphatic rings. The number of halogens is 1. The molecule has 1 aromatic carbocycles. The van der Waals surface area contributed by atoms with E-state index in [0.29, 0.717) is 0 Å². The molecule has 2 aromatic rings. The molecule has 1 heterocycles. The molecule has 4 heteroatoms. The van der Waals surface area contributed by atoms with Gasteiger partial charge < -0.3 is 10.1 Å². The van der Waals surface area contributed by atoms with Gasteiger partial charge in [-0.15, -0.1) is 11.3 Å². The van der Waals surface area contributed by atoms with Crippen LogP contribution in [0.25, 0.3) is 0 Å². The van der Waals surface area contributed by atoms with Crippen LogP contribution in [-0.4, -0.2) is 13.7 Å². The molecule has 0 aliphatic heterocycles. The Hall–Kier alpha value is -1.03. The summed E-state index contributed by atoms with van der Waals surface area (Å²) in [7, 11) is 1.72. The molecule has 21 heavy (non-hydrogen) atoms. The molecule has 0 saturated carbocycles. The molecular formula is C17H22ClNOS. The summed E-state index contributed by atoms with van der Waals surface area (Å²) in [6.07, 6.45) is 2.06. The monoisotopic (exact) mass is 323 g/mol. The molecule has 0 saturated heterocycles. The topological polar surface area (TPSA) is 21.3 Å². The van der Waals surface area contributed by atoms with Crippen LogP contribution in [0, 0.1) is 6.92 Å². The van der Waals surface area contributed by atoms with E-state index in [0.717, 1.165) is 35.0 Å². The number of methoxy groups -OCH3 is 1. The van der Waals surface area contributed by atoms with E-state index in [1.54, 1.807) is 18.4 Å². The Morgan fingerprint density at radius 2 is 2.10 bits per heavy atom. The van der Waals surface area contributed by atoms with Gasteiger partial charge in [0.05, 0.1) is 11.4 Å². The summed E-state index contributed by atoms with van der Waals surface area (Å²) >= 11 is 7.69. The first-order valence-corrected chi connectivity index (χ1v) is 8.45. The minimum absolute atomic E-state index is 0.286. The van der Waals surface area contributed by atoms with Crippen molar-refractivity contribution in [2.24, 2.45) is 0 Å². The highest BCUT2D eigenvalue weighted by atomic mass is 35.5. The summed E-state index contributed by atoms with van der Waals surface area (Å²) in [5.74, 6) is 0.944. The minimum Gasteiger partial charge on any atom is -0.496 e. The van der Waals surface area contributed by atoms with E-state index in [2.05, 4.69) is 43.4 Å². The first-order valence-electron chi connectivity index (χ1n) is 7.26. The average molecular weight is 324 g/mol. The highest BCUT2D eigenvalue weighted by Gasteiger charge is 2.14. The molecule has 1 aromatic heterocycles. The quantitative estimate of drug-likeness (QED) is 0.774. The number of nitrogens with one attached hydrogen (secondary N) is 1. The van der Waals surface area contributed by atoms with Crippen LogP contribution < -0.4 is 10.1 Å². The fraction of sp³-hybridized carbons (Fsp3) is 0.412. The molecule has 0 aliphatic carbocycles. The first kappa shape index (κ1) is 16.3. The molecule has 2 nitrogen and oxygen atoms in total. The molecule has 2 rings (SSSR count). The van der Waals surface area contributed by atoms with Crippen LogP contribution in [0.1, 0.15) is 35.4 Å². The van der Waals surface area contributed by atoms with Crippen LogP contribution in [-0.2, 0) is 6.42 Å². The summed E-state index contributed by atoms with van der Waals surface area (Å²) in [6.45, 7) is 5.25. The average Bonchev–Trinajstić information content (AvgIpc) is 2.89. The number of benzene rings is 1. The van der Waals surface area contributed by atoms with Crippen LogP contribution >= 0.6 is 22.9 Å². The van der Waals surface area contributed by atoms with E-state index in [1.165, 1.54) is 10.4 Å². The third kappa shape index (κ3) is 4.47. The maximum atomic E-state index is 6.04. The summed E-state index contributed by atoms with van der Waals surface area (Å²) in [6, 6.07) is 10.8. The third-order valence-corrected chi connectivity index (χ3v) is 4.76. The number of rotatable bonds is 7. The van der Waals surface area contributed by atoms with Gasteiger partial charge in [-0.2, -0.15) is 0 Å². The van der Waals surface area contributed by atoms with Gasteiger partial charge in [0, 0.05) is 17.3 Å². The molecule has 1 atom stereocenters. The lowest BCUT2D eigenvalue weighted by Crippen LogP contribution is -2.23. The van der Waals surface area contributed by atoms with Gasteiger partial charge in [0.1, 0.15) is 5.75 Å². The van der Waals surface area contributed by atoms with Crippen molar-refractivity contribution in [3.63, 3.8) is 0 Å². The molecule has 0 bridgehead atoms. The van der Waals surface area contributed by atoms with Gasteiger partial charge in [0.25, 0.3) is 0 Å². The van der Waals surface area contributed by atoms with E-state index in [4.69, 9.17) is 16.3 Å². The highest BCUT2D eigenvalue weighted by Crippen LogP contribution is 2.29. The van der Waals surface area contributed by atoms with Crippen LogP contribution in [0.2, 0.25) is 4.34 Å². The zero-order valence-corrected chi connectivity index (χ0v) is 14.4. The molecule has 0 radical (unpaired) electrons. The summed E-state index contributed by atoms with van der Waals surface area (Å²) in [4.78, 5) is 1.30. The summed E-state index contributed by atoms with van der Waals surface area (Å²) < 4.78 is 6.30. The second-order valence-electron chi connectivity index (χ2n) is 5.15. The van der Waals surface area contributed by atoms with Crippen molar-refractivity contribution in [2.75, 3.05) is 13.7 Å². The van der Waals surface area contributed by atoms with Crippen molar-refractivity contribution < 1.29 is 4.74 Å². The van der Waals surface area contributed by atoms with Crippen molar-refractivity contribution in [3.05, 3.63) is 50.7 Å². The van der Waals surface area contributed by atoms with Crippen molar-refractivity contribution in [3.8, 4) is 5.75 Å². The van der Waals surface area contributed by atoms with Crippen LogP contribution in [0.3, 0.4) is 0 Å². The second-order valence-corrected chi connectivity index (χ2v) is 6.95. The van der Waals surface area contributed by atoms with Gasteiger partial charge in [-0.3, -0.25) is 0 Å². The number of hydrogen-bond acceptors (Lipinski definition) is 3. The smallest absolute Gasteiger partial charge is 0.122 e. The molecule has 1 N–H and O–H groups in total. The zero-order chi connectivity index (χ0) is 15.2. The molecule has 0 amide bonds. The molecule has 0 spiro atoms. The van der Waals surface area contributed by atoms with Crippen molar-refractivity contribution in [1.82, 2.24) is 5.32 Å². The van der Waals surface area contributed by atoms with E-state index in [9.17, 15) is 0 Å². The Morgan fingerprint density at radius 3 is 2.71 bits per heavy atom. The van der Waals surface area contributed by atoms with Gasteiger partial charge in [-0.25, -0.2) is 0 Å². The fourth-order valence-electron chi connectivity index (χ4n) is 2.34. The van der Waals surface area contributed by atoms with Gasteiger partial charge in [0.15, 0.2) is 0 Å². The Morgan fingerprint density at radius 1 is 1.29 bits per heavy atom. The van der Waals surface area contributed by atoms with E-state index >= 15 is 0 Å².